The van der Waals surface area contributed by atoms with Crippen molar-refractivity contribution in [3.05, 3.63) is 56.2 Å². The van der Waals surface area contributed by atoms with Gasteiger partial charge in [-0.2, -0.15) is 0 Å². The first-order valence-electron chi connectivity index (χ1n) is 7.20. The van der Waals surface area contributed by atoms with Crippen molar-refractivity contribution in [2.45, 2.75) is 25.4 Å². The molecular weight excluding hydrogens is 369 g/mol. The maximum atomic E-state index is 12.3. The van der Waals surface area contributed by atoms with Crippen LogP contribution in [-0.4, -0.2) is 11.9 Å². The van der Waals surface area contributed by atoms with Gasteiger partial charge in [-0.05, 0) is 36.1 Å². The molecule has 0 aliphatic carbocycles. The van der Waals surface area contributed by atoms with E-state index in [1.807, 2.05) is 24.4 Å². The molecule has 2 aromatic rings. The minimum atomic E-state index is -0.668. The Kier molecular flexibility index (Phi) is 6.48. The Bertz CT molecular complexity index is 722. The van der Waals surface area contributed by atoms with Gasteiger partial charge in [0.2, 0.25) is 5.91 Å². The highest BCUT2D eigenvalue weighted by molar-refractivity contribution is 7.10. The normalized spacial score (nSPS) is 13.1. The molecule has 1 aromatic heterocycles. The van der Waals surface area contributed by atoms with Crippen LogP contribution >= 0.6 is 34.5 Å². The van der Waals surface area contributed by atoms with Gasteiger partial charge in [0.1, 0.15) is 0 Å². The average Bonchev–Trinajstić information content (AvgIpc) is 3.03. The maximum absolute atomic E-state index is 12.3. The Hall–Kier alpha value is -1.76. The summed E-state index contributed by atoms with van der Waals surface area (Å²) in [4.78, 5) is 24.3. The highest BCUT2D eigenvalue weighted by Gasteiger charge is 2.20. The number of carbonyl (C=O) groups is 2. The van der Waals surface area contributed by atoms with Gasteiger partial charge >= 0.3 is 6.03 Å². The summed E-state index contributed by atoms with van der Waals surface area (Å²) in [6.45, 7) is 1.85. The van der Waals surface area contributed by atoms with Crippen LogP contribution in [0.5, 0.6) is 0 Å². The number of hydrogen-bond acceptors (Lipinski definition) is 3. The van der Waals surface area contributed by atoms with Crippen molar-refractivity contribution in [3.8, 4) is 0 Å². The molecule has 0 saturated carbocycles. The third-order valence-corrected chi connectivity index (χ3v) is 5.14. The quantitative estimate of drug-likeness (QED) is 0.700. The van der Waals surface area contributed by atoms with Crippen molar-refractivity contribution in [2.24, 2.45) is 5.73 Å². The number of nitrogens with two attached hydrogens (primary N) is 1. The molecule has 3 amide bonds. The van der Waals surface area contributed by atoms with Crippen LogP contribution in [-0.2, 0) is 4.79 Å². The lowest BCUT2D eigenvalue weighted by Crippen LogP contribution is -2.36. The molecular formula is C16H17Cl2N3O2S. The van der Waals surface area contributed by atoms with Gasteiger partial charge in [0, 0.05) is 4.88 Å². The zero-order chi connectivity index (χ0) is 17.7. The van der Waals surface area contributed by atoms with E-state index in [4.69, 9.17) is 28.9 Å². The van der Waals surface area contributed by atoms with E-state index in [1.54, 1.807) is 18.2 Å². The first kappa shape index (κ1) is 18.6. The Labute approximate surface area is 154 Å². The zero-order valence-corrected chi connectivity index (χ0v) is 15.2. The molecule has 2 rings (SSSR count). The number of rotatable bonds is 6. The molecule has 0 bridgehead atoms. The van der Waals surface area contributed by atoms with Crippen LogP contribution in [0.1, 0.15) is 35.9 Å². The fraction of sp³-hybridized carbons (Fsp3) is 0.250. The summed E-state index contributed by atoms with van der Waals surface area (Å²) < 4.78 is 0. The SMILES string of the molecule is C[C@H](NC(=O)C[C@@H](NC(N)=O)c1cccs1)c1ccc(Cl)c(Cl)c1. The molecule has 5 nitrogen and oxygen atoms in total. The van der Waals surface area contributed by atoms with Gasteiger partial charge in [-0.25, -0.2) is 4.79 Å². The molecule has 0 saturated heterocycles. The minimum Gasteiger partial charge on any atom is -0.352 e. The third kappa shape index (κ3) is 5.12. The van der Waals surface area contributed by atoms with Crippen molar-refractivity contribution in [1.29, 1.82) is 0 Å². The standard InChI is InChI=1S/C16H17Cl2N3O2S/c1-9(10-4-5-11(17)12(18)7-10)20-15(22)8-13(21-16(19)23)14-3-2-6-24-14/h2-7,9,13H,8H2,1H3,(H,20,22)(H3,19,21,23)/t9-,13+/m0/s1. The average molecular weight is 386 g/mol. The summed E-state index contributed by atoms with van der Waals surface area (Å²) in [5.41, 5.74) is 6.03. The fourth-order valence-electron chi connectivity index (χ4n) is 2.23. The second kappa shape index (κ2) is 8.37. The van der Waals surface area contributed by atoms with Gasteiger partial charge < -0.3 is 16.4 Å². The predicted octanol–water partition coefficient (Wildman–Crippen LogP) is 4.03. The van der Waals surface area contributed by atoms with Gasteiger partial charge in [-0.3, -0.25) is 4.79 Å². The summed E-state index contributed by atoms with van der Waals surface area (Å²) in [5, 5.41) is 8.24. The Balaban J connectivity index is 2.02. The molecule has 0 fully saturated rings. The van der Waals surface area contributed by atoms with Gasteiger partial charge in [-0.15, -0.1) is 11.3 Å². The molecule has 0 spiro atoms. The lowest BCUT2D eigenvalue weighted by atomic mass is 10.1. The van der Waals surface area contributed by atoms with E-state index in [9.17, 15) is 9.59 Å². The van der Waals surface area contributed by atoms with Crippen LogP contribution in [0.4, 0.5) is 4.79 Å². The summed E-state index contributed by atoms with van der Waals surface area (Å²) in [6, 6.07) is 7.54. The van der Waals surface area contributed by atoms with Crippen LogP contribution < -0.4 is 16.4 Å². The number of urea groups is 1. The Morgan fingerprint density at radius 2 is 1.96 bits per heavy atom. The van der Waals surface area contributed by atoms with E-state index < -0.39 is 12.1 Å². The Morgan fingerprint density at radius 1 is 1.21 bits per heavy atom. The summed E-state index contributed by atoms with van der Waals surface area (Å²) in [7, 11) is 0. The zero-order valence-electron chi connectivity index (χ0n) is 12.9. The molecule has 1 heterocycles. The maximum Gasteiger partial charge on any atom is 0.312 e. The molecule has 0 radical (unpaired) electrons. The molecule has 24 heavy (non-hydrogen) atoms. The number of nitrogens with one attached hydrogen (secondary N) is 2. The summed E-state index contributed by atoms with van der Waals surface area (Å²) >= 11 is 13.3. The smallest absolute Gasteiger partial charge is 0.312 e. The highest BCUT2D eigenvalue weighted by atomic mass is 35.5. The van der Waals surface area contributed by atoms with Gasteiger partial charge in [0.15, 0.2) is 0 Å². The van der Waals surface area contributed by atoms with Gasteiger partial charge in [0.25, 0.3) is 0 Å². The van der Waals surface area contributed by atoms with Crippen LogP contribution in [0.25, 0.3) is 0 Å². The number of thiophene rings is 1. The van der Waals surface area contributed by atoms with Crippen LogP contribution in [0.15, 0.2) is 35.7 Å². The number of carbonyl (C=O) groups excluding carboxylic acids is 2. The van der Waals surface area contributed by atoms with E-state index >= 15 is 0 Å². The van der Waals surface area contributed by atoms with Crippen LogP contribution in [0.2, 0.25) is 10.0 Å². The second-order valence-corrected chi connectivity index (χ2v) is 7.04. The van der Waals surface area contributed by atoms with E-state index in [2.05, 4.69) is 10.6 Å². The van der Waals surface area contributed by atoms with Crippen molar-refractivity contribution in [1.82, 2.24) is 10.6 Å². The molecule has 1 aromatic carbocycles. The fourth-order valence-corrected chi connectivity index (χ4v) is 3.32. The predicted molar refractivity (Wildman–Crippen MR) is 97.4 cm³/mol. The van der Waals surface area contributed by atoms with Gasteiger partial charge in [0.05, 0.1) is 28.5 Å². The monoisotopic (exact) mass is 385 g/mol. The van der Waals surface area contributed by atoms with E-state index in [1.165, 1.54) is 11.3 Å². The first-order valence-corrected chi connectivity index (χ1v) is 8.84. The number of benzene rings is 1. The van der Waals surface area contributed by atoms with Crippen molar-refractivity contribution in [3.63, 3.8) is 0 Å². The number of amides is 3. The molecule has 128 valence electrons. The largest absolute Gasteiger partial charge is 0.352 e. The van der Waals surface area contributed by atoms with Crippen LogP contribution in [0.3, 0.4) is 0 Å². The topological polar surface area (TPSA) is 84.2 Å². The van der Waals surface area contributed by atoms with Crippen molar-refractivity contribution in [2.75, 3.05) is 0 Å². The molecule has 0 aliphatic rings. The van der Waals surface area contributed by atoms with E-state index in [-0.39, 0.29) is 18.4 Å². The lowest BCUT2D eigenvalue weighted by molar-refractivity contribution is -0.122. The molecule has 0 unspecified atom stereocenters. The first-order chi connectivity index (χ1) is 11.4. The Morgan fingerprint density at radius 3 is 2.54 bits per heavy atom. The molecule has 8 heteroatoms. The number of primary amides is 1. The molecule has 4 N–H and O–H groups in total. The minimum absolute atomic E-state index is 0.0924. The molecule has 0 aliphatic heterocycles. The highest BCUT2D eigenvalue weighted by Crippen LogP contribution is 2.26. The number of hydrogen-bond donors (Lipinski definition) is 3. The second-order valence-electron chi connectivity index (χ2n) is 5.24. The summed E-state index contributed by atoms with van der Waals surface area (Å²) in [5.74, 6) is -0.208. The van der Waals surface area contributed by atoms with Crippen LogP contribution in [0, 0.1) is 0 Å². The van der Waals surface area contributed by atoms with Crippen molar-refractivity contribution >= 4 is 46.5 Å². The van der Waals surface area contributed by atoms with Crippen molar-refractivity contribution < 1.29 is 9.59 Å². The van der Waals surface area contributed by atoms with E-state index in [0.717, 1.165) is 10.4 Å². The molecule has 2 atom stereocenters. The van der Waals surface area contributed by atoms with E-state index in [0.29, 0.717) is 10.0 Å². The summed E-state index contributed by atoms with van der Waals surface area (Å²) in [6.07, 6.45) is 0.0924. The third-order valence-electron chi connectivity index (χ3n) is 3.41. The van der Waals surface area contributed by atoms with Gasteiger partial charge in [-0.1, -0.05) is 35.3 Å². The lowest BCUT2D eigenvalue weighted by Gasteiger charge is -2.19. The number of halogens is 2.